The molecule has 1 atom stereocenters. The van der Waals surface area contributed by atoms with Crippen molar-refractivity contribution in [3.8, 4) is 0 Å². The Hall–Kier alpha value is -1.30. The van der Waals surface area contributed by atoms with Crippen molar-refractivity contribution in [2.45, 2.75) is 57.2 Å². The zero-order valence-corrected chi connectivity index (χ0v) is 15.3. The minimum Gasteiger partial charge on any atom is -0.353 e. The lowest BCUT2D eigenvalue weighted by Crippen LogP contribution is -2.42. The Morgan fingerprint density at radius 2 is 1.79 bits per heavy atom. The summed E-state index contributed by atoms with van der Waals surface area (Å²) in [5.41, 5.74) is 6.75. The van der Waals surface area contributed by atoms with Gasteiger partial charge in [0, 0.05) is 24.0 Å². The highest BCUT2D eigenvalue weighted by molar-refractivity contribution is 6.30. The van der Waals surface area contributed by atoms with Crippen LogP contribution in [0.4, 0.5) is 0 Å². The highest BCUT2D eigenvalue weighted by Crippen LogP contribution is 2.21. The summed E-state index contributed by atoms with van der Waals surface area (Å²) in [5.74, 6) is -0.222. The lowest BCUT2D eigenvalue weighted by Gasteiger charge is -2.27. The van der Waals surface area contributed by atoms with E-state index < -0.39 is 0 Å². The number of amides is 2. The van der Waals surface area contributed by atoms with Crippen molar-refractivity contribution >= 4 is 35.8 Å². The van der Waals surface area contributed by atoms with Crippen molar-refractivity contribution < 1.29 is 9.59 Å². The molecule has 1 aliphatic carbocycles. The van der Waals surface area contributed by atoms with E-state index in [0.29, 0.717) is 5.02 Å². The Kier molecular flexibility index (Phi) is 8.53. The van der Waals surface area contributed by atoms with Crippen LogP contribution in [0.25, 0.3) is 0 Å². The SMILES string of the molecule is CC(=O)NC(CC(=O)NC1CCC(N)CC1)c1ccc(Cl)cc1.Cl. The van der Waals surface area contributed by atoms with Gasteiger partial charge in [-0.15, -0.1) is 12.4 Å². The number of hydrogen-bond acceptors (Lipinski definition) is 3. The second kappa shape index (κ2) is 9.87. The van der Waals surface area contributed by atoms with Crippen LogP contribution in [0.3, 0.4) is 0 Å². The highest BCUT2D eigenvalue weighted by Gasteiger charge is 2.22. The summed E-state index contributed by atoms with van der Waals surface area (Å²) in [4.78, 5) is 23.7. The van der Waals surface area contributed by atoms with Crippen molar-refractivity contribution in [3.63, 3.8) is 0 Å². The first-order chi connectivity index (χ1) is 10.9. The molecule has 1 fully saturated rings. The minimum absolute atomic E-state index is 0. The number of nitrogens with one attached hydrogen (secondary N) is 2. The molecule has 0 aromatic heterocycles. The fourth-order valence-electron chi connectivity index (χ4n) is 2.93. The van der Waals surface area contributed by atoms with Gasteiger partial charge in [0.15, 0.2) is 0 Å². The van der Waals surface area contributed by atoms with Crippen molar-refractivity contribution in [2.75, 3.05) is 0 Å². The Morgan fingerprint density at radius 1 is 1.21 bits per heavy atom. The summed E-state index contributed by atoms with van der Waals surface area (Å²) in [6.45, 7) is 1.45. The van der Waals surface area contributed by atoms with Crippen LogP contribution in [-0.2, 0) is 9.59 Å². The van der Waals surface area contributed by atoms with Gasteiger partial charge in [-0.1, -0.05) is 23.7 Å². The number of nitrogens with two attached hydrogens (primary N) is 1. The van der Waals surface area contributed by atoms with Crippen LogP contribution in [0.1, 0.15) is 50.6 Å². The fourth-order valence-corrected chi connectivity index (χ4v) is 3.05. The molecule has 0 radical (unpaired) electrons. The lowest BCUT2D eigenvalue weighted by molar-refractivity contribution is -0.123. The fraction of sp³-hybridized carbons (Fsp3) is 0.529. The second-order valence-corrected chi connectivity index (χ2v) is 6.62. The summed E-state index contributed by atoms with van der Waals surface area (Å²) in [7, 11) is 0. The van der Waals surface area contributed by atoms with Crippen LogP contribution in [0.5, 0.6) is 0 Å². The molecule has 4 N–H and O–H groups in total. The molecule has 2 rings (SSSR count). The quantitative estimate of drug-likeness (QED) is 0.741. The average Bonchev–Trinajstić information content (AvgIpc) is 2.49. The van der Waals surface area contributed by atoms with E-state index in [2.05, 4.69) is 10.6 Å². The summed E-state index contributed by atoms with van der Waals surface area (Å²) in [6, 6.07) is 7.26. The molecule has 134 valence electrons. The predicted molar refractivity (Wildman–Crippen MR) is 98.2 cm³/mol. The number of carbonyl (C=O) groups is 2. The standard InChI is InChI=1S/C17H24ClN3O2.ClH/c1-11(22)20-16(12-2-4-13(18)5-3-12)10-17(23)21-15-8-6-14(19)7-9-15;/h2-5,14-16H,6-10,19H2,1H3,(H,20,22)(H,21,23);1H. The number of hydrogen-bond donors (Lipinski definition) is 3. The van der Waals surface area contributed by atoms with Crippen LogP contribution in [-0.4, -0.2) is 23.9 Å². The lowest BCUT2D eigenvalue weighted by atomic mass is 9.91. The molecule has 0 heterocycles. The molecule has 7 heteroatoms. The number of rotatable bonds is 5. The second-order valence-electron chi connectivity index (χ2n) is 6.19. The van der Waals surface area contributed by atoms with E-state index in [1.807, 2.05) is 12.1 Å². The van der Waals surface area contributed by atoms with Crippen LogP contribution in [0.2, 0.25) is 5.02 Å². The third-order valence-electron chi connectivity index (χ3n) is 4.18. The maximum atomic E-state index is 12.3. The molecule has 1 unspecified atom stereocenters. The van der Waals surface area contributed by atoms with Crippen LogP contribution >= 0.6 is 24.0 Å². The molecular weight excluding hydrogens is 349 g/mol. The first-order valence-electron chi connectivity index (χ1n) is 8.01. The van der Waals surface area contributed by atoms with E-state index in [1.54, 1.807) is 12.1 Å². The zero-order chi connectivity index (χ0) is 16.8. The van der Waals surface area contributed by atoms with Gasteiger partial charge in [-0.05, 0) is 43.4 Å². The predicted octanol–water partition coefficient (Wildman–Crippen LogP) is 2.72. The smallest absolute Gasteiger partial charge is 0.222 e. The van der Waals surface area contributed by atoms with Gasteiger partial charge in [-0.2, -0.15) is 0 Å². The highest BCUT2D eigenvalue weighted by atomic mass is 35.5. The molecule has 1 aromatic carbocycles. The van der Waals surface area contributed by atoms with Gasteiger partial charge in [0.25, 0.3) is 0 Å². The van der Waals surface area contributed by atoms with E-state index in [4.69, 9.17) is 17.3 Å². The molecule has 0 saturated heterocycles. The van der Waals surface area contributed by atoms with Gasteiger partial charge in [-0.25, -0.2) is 0 Å². The molecular formula is C17H25Cl2N3O2. The van der Waals surface area contributed by atoms with Gasteiger partial charge in [0.1, 0.15) is 0 Å². The number of benzene rings is 1. The first-order valence-corrected chi connectivity index (χ1v) is 8.39. The molecule has 1 aliphatic rings. The van der Waals surface area contributed by atoms with Crippen molar-refractivity contribution in [3.05, 3.63) is 34.9 Å². The van der Waals surface area contributed by atoms with E-state index in [9.17, 15) is 9.59 Å². The maximum Gasteiger partial charge on any atom is 0.222 e. The summed E-state index contributed by atoms with van der Waals surface area (Å²) >= 11 is 5.89. The minimum atomic E-state index is -0.351. The summed E-state index contributed by atoms with van der Waals surface area (Å²) < 4.78 is 0. The van der Waals surface area contributed by atoms with Gasteiger partial charge in [0.05, 0.1) is 12.5 Å². The maximum absolute atomic E-state index is 12.3. The molecule has 1 saturated carbocycles. The molecule has 0 aliphatic heterocycles. The number of halogens is 2. The van der Waals surface area contributed by atoms with E-state index in [1.165, 1.54) is 6.92 Å². The van der Waals surface area contributed by atoms with E-state index >= 15 is 0 Å². The summed E-state index contributed by atoms with van der Waals surface area (Å²) in [5, 5.41) is 6.50. The van der Waals surface area contributed by atoms with Crippen molar-refractivity contribution in [1.82, 2.24) is 10.6 Å². The molecule has 0 bridgehead atoms. The topological polar surface area (TPSA) is 84.2 Å². The summed E-state index contributed by atoms with van der Waals surface area (Å²) in [6.07, 6.45) is 3.93. The van der Waals surface area contributed by atoms with Gasteiger partial charge < -0.3 is 16.4 Å². The van der Waals surface area contributed by atoms with Gasteiger partial charge >= 0.3 is 0 Å². The number of carbonyl (C=O) groups excluding carboxylic acids is 2. The zero-order valence-electron chi connectivity index (χ0n) is 13.8. The van der Waals surface area contributed by atoms with E-state index in [-0.39, 0.29) is 48.8 Å². The molecule has 24 heavy (non-hydrogen) atoms. The first kappa shape index (κ1) is 20.7. The van der Waals surface area contributed by atoms with Crippen molar-refractivity contribution in [2.24, 2.45) is 5.73 Å². The van der Waals surface area contributed by atoms with Gasteiger partial charge in [-0.3, -0.25) is 9.59 Å². The Balaban J connectivity index is 0.00000288. The third-order valence-corrected chi connectivity index (χ3v) is 4.43. The molecule has 1 aromatic rings. The Labute approximate surface area is 154 Å². The Morgan fingerprint density at radius 3 is 2.33 bits per heavy atom. The normalized spacial score (nSPS) is 21.3. The molecule has 0 spiro atoms. The monoisotopic (exact) mass is 373 g/mol. The Bertz CT molecular complexity index is 543. The third kappa shape index (κ3) is 6.67. The average molecular weight is 374 g/mol. The van der Waals surface area contributed by atoms with Gasteiger partial charge in [0.2, 0.25) is 11.8 Å². The molecule has 5 nitrogen and oxygen atoms in total. The van der Waals surface area contributed by atoms with Crippen LogP contribution < -0.4 is 16.4 Å². The molecule has 2 amide bonds. The van der Waals surface area contributed by atoms with E-state index in [0.717, 1.165) is 31.2 Å². The largest absolute Gasteiger partial charge is 0.353 e. The van der Waals surface area contributed by atoms with Crippen molar-refractivity contribution in [1.29, 1.82) is 0 Å². The van der Waals surface area contributed by atoms with Crippen LogP contribution in [0, 0.1) is 0 Å². The van der Waals surface area contributed by atoms with Crippen LogP contribution in [0.15, 0.2) is 24.3 Å².